The third kappa shape index (κ3) is 5.14. The number of hydrogen-bond acceptors (Lipinski definition) is 4. The molecule has 3 rings (SSSR count). The van der Waals surface area contributed by atoms with Gasteiger partial charge in [0.1, 0.15) is 11.5 Å². The molecule has 0 bridgehead atoms. The minimum absolute atomic E-state index is 0.126. The second-order valence-electron chi connectivity index (χ2n) is 8.09. The quantitative estimate of drug-likeness (QED) is 0.369. The number of amides is 1. The van der Waals surface area contributed by atoms with Crippen LogP contribution in [0, 0.1) is 0 Å². The van der Waals surface area contributed by atoms with Gasteiger partial charge in [-0.3, -0.25) is 9.59 Å². The number of nitrogens with one attached hydrogen (secondary N) is 1. The fourth-order valence-corrected chi connectivity index (χ4v) is 3.81. The van der Waals surface area contributed by atoms with Gasteiger partial charge in [-0.05, 0) is 24.1 Å². The molecular weight excluding hydrogens is 392 g/mol. The lowest BCUT2D eigenvalue weighted by atomic mass is 9.95. The zero-order valence-corrected chi connectivity index (χ0v) is 18.4. The number of hydrogen-bond donors (Lipinski definition) is 2. The lowest BCUT2D eigenvalue weighted by molar-refractivity contribution is -0.858. The molecule has 0 aliphatic carbocycles. The normalized spacial score (nSPS) is 18.1. The van der Waals surface area contributed by atoms with E-state index in [1.807, 2.05) is 37.3 Å². The number of benzene rings is 2. The molecule has 0 spiro atoms. The van der Waals surface area contributed by atoms with Crippen LogP contribution < -0.4 is 9.64 Å². The highest BCUT2D eigenvalue weighted by Crippen LogP contribution is 2.40. The van der Waals surface area contributed by atoms with E-state index in [1.165, 1.54) is 4.90 Å². The van der Waals surface area contributed by atoms with Crippen LogP contribution in [-0.4, -0.2) is 55.5 Å². The molecule has 164 valence electrons. The highest BCUT2D eigenvalue weighted by atomic mass is 16.5. The Morgan fingerprint density at radius 1 is 1.10 bits per heavy atom. The van der Waals surface area contributed by atoms with E-state index >= 15 is 0 Å². The van der Waals surface area contributed by atoms with Crippen LogP contribution in [0.4, 0.5) is 0 Å². The van der Waals surface area contributed by atoms with Gasteiger partial charge in [-0.25, -0.2) is 0 Å². The number of carbonyl (C=O) groups is 2. The van der Waals surface area contributed by atoms with Crippen molar-refractivity contribution >= 4 is 17.4 Å². The Balaban J connectivity index is 2.06. The lowest BCUT2D eigenvalue weighted by Crippen LogP contribution is -3.05. The molecule has 1 heterocycles. The van der Waals surface area contributed by atoms with Crippen LogP contribution in [0.25, 0.3) is 5.76 Å². The number of rotatable bonds is 9. The van der Waals surface area contributed by atoms with Gasteiger partial charge >= 0.3 is 0 Å². The Kier molecular flexibility index (Phi) is 7.47. The first kappa shape index (κ1) is 22.6. The Morgan fingerprint density at radius 3 is 2.52 bits per heavy atom. The number of aliphatic hydroxyl groups excluding tert-OH is 1. The molecule has 2 aromatic carbocycles. The highest BCUT2D eigenvalue weighted by Gasteiger charge is 2.45. The summed E-state index contributed by atoms with van der Waals surface area (Å²) in [6, 6.07) is 15.7. The Morgan fingerprint density at radius 2 is 1.84 bits per heavy atom. The van der Waals surface area contributed by atoms with Gasteiger partial charge in [0.25, 0.3) is 11.7 Å². The van der Waals surface area contributed by atoms with Crippen LogP contribution in [-0.2, 0) is 9.59 Å². The molecule has 1 saturated heterocycles. The number of quaternary nitrogens is 1. The average molecular weight is 424 g/mol. The third-order valence-corrected chi connectivity index (χ3v) is 5.31. The average Bonchev–Trinajstić information content (AvgIpc) is 3.03. The first-order valence-electron chi connectivity index (χ1n) is 10.8. The molecule has 1 fully saturated rings. The molecule has 1 atom stereocenters. The van der Waals surface area contributed by atoms with Crippen LogP contribution in [0.3, 0.4) is 0 Å². The summed E-state index contributed by atoms with van der Waals surface area (Å²) in [6.07, 6.45) is 1.63. The van der Waals surface area contributed by atoms with Crippen molar-refractivity contribution in [1.29, 1.82) is 0 Å². The SMILES string of the molecule is CCCOc1cccc([C@@H]2C(=C(O)c3ccccc3)C(=O)C(=O)N2CCC[NH+](C)C)c1. The van der Waals surface area contributed by atoms with Gasteiger partial charge in [-0.2, -0.15) is 0 Å². The van der Waals surface area contributed by atoms with E-state index in [0.29, 0.717) is 24.5 Å². The Labute approximate surface area is 183 Å². The van der Waals surface area contributed by atoms with Gasteiger partial charge in [0, 0.05) is 18.5 Å². The number of ether oxygens (including phenoxy) is 1. The number of Topliss-reactive ketones (excluding diaryl/α,β-unsaturated/α-hetero) is 1. The monoisotopic (exact) mass is 423 g/mol. The number of carbonyl (C=O) groups excluding carboxylic acids is 2. The minimum atomic E-state index is -0.650. The molecule has 2 N–H and O–H groups in total. The molecule has 6 heteroatoms. The maximum atomic E-state index is 13.0. The summed E-state index contributed by atoms with van der Waals surface area (Å²) in [5, 5.41) is 11.0. The molecule has 0 aromatic heterocycles. The summed E-state index contributed by atoms with van der Waals surface area (Å²) in [5.74, 6) is -0.688. The minimum Gasteiger partial charge on any atom is -0.507 e. The summed E-state index contributed by atoms with van der Waals surface area (Å²) in [6.45, 7) is 3.92. The van der Waals surface area contributed by atoms with E-state index < -0.39 is 17.7 Å². The Hall–Kier alpha value is -3.12. The molecule has 1 aliphatic rings. The molecule has 1 amide bonds. The predicted octanol–water partition coefficient (Wildman–Crippen LogP) is 2.43. The molecule has 0 unspecified atom stereocenters. The predicted molar refractivity (Wildman–Crippen MR) is 120 cm³/mol. The van der Waals surface area contributed by atoms with Gasteiger partial charge in [0.15, 0.2) is 0 Å². The summed E-state index contributed by atoms with van der Waals surface area (Å²) in [5.41, 5.74) is 1.39. The van der Waals surface area contributed by atoms with Crippen molar-refractivity contribution in [1.82, 2.24) is 4.90 Å². The van der Waals surface area contributed by atoms with Gasteiger partial charge in [-0.1, -0.05) is 49.4 Å². The van der Waals surface area contributed by atoms with Crippen LogP contribution in [0.5, 0.6) is 5.75 Å². The van der Waals surface area contributed by atoms with Crippen LogP contribution in [0.15, 0.2) is 60.2 Å². The van der Waals surface area contributed by atoms with Gasteiger partial charge in [-0.15, -0.1) is 0 Å². The van der Waals surface area contributed by atoms with Crippen LogP contribution in [0.2, 0.25) is 0 Å². The maximum absolute atomic E-state index is 13.0. The van der Waals surface area contributed by atoms with E-state index in [9.17, 15) is 14.7 Å². The fourth-order valence-electron chi connectivity index (χ4n) is 3.81. The van der Waals surface area contributed by atoms with Crippen LogP contribution >= 0.6 is 0 Å². The van der Waals surface area contributed by atoms with Crippen molar-refractivity contribution < 1.29 is 24.3 Å². The Bertz CT molecular complexity index is 953. The van der Waals surface area contributed by atoms with Crippen molar-refractivity contribution in [3.8, 4) is 5.75 Å². The summed E-state index contributed by atoms with van der Waals surface area (Å²) in [7, 11) is 4.10. The molecule has 1 aliphatic heterocycles. The molecule has 2 aromatic rings. The van der Waals surface area contributed by atoms with E-state index in [2.05, 4.69) is 14.1 Å². The maximum Gasteiger partial charge on any atom is 0.295 e. The fraction of sp³-hybridized carbons (Fsp3) is 0.360. The van der Waals surface area contributed by atoms with E-state index in [4.69, 9.17) is 4.74 Å². The topological polar surface area (TPSA) is 71.3 Å². The number of likely N-dealkylation sites (tertiary alicyclic amines) is 1. The zero-order chi connectivity index (χ0) is 22.4. The first-order valence-corrected chi connectivity index (χ1v) is 10.8. The van der Waals surface area contributed by atoms with E-state index in [-0.39, 0.29) is 11.3 Å². The smallest absolute Gasteiger partial charge is 0.295 e. The second kappa shape index (κ2) is 10.3. The van der Waals surface area contributed by atoms with Gasteiger partial charge in [0.2, 0.25) is 0 Å². The molecule has 31 heavy (non-hydrogen) atoms. The number of aliphatic hydroxyl groups is 1. The zero-order valence-electron chi connectivity index (χ0n) is 18.4. The third-order valence-electron chi connectivity index (χ3n) is 5.31. The highest BCUT2D eigenvalue weighted by molar-refractivity contribution is 6.46. The van der Waals surface area contributed by atoms with Crippen molar-refractivity contribution in [2.45, 2.75) is 25.8 Å². The van der Waals surface area contributed by atoms with Crippen molar-refractivity contribution in [3.63, 3.8) is 0 Å². The summed E-state index contributed by atoms with van der Waals surface area (Å²) < 4.78 is 5.77. The summed E-state index contributed by atoms with van der Waals surface area (Å²) in [4.78, 5) is 28.8. The first-order chi connectivity index (χ1) is 14.9. The molecule has 0 saturated carbocycles. The lowest BCUT2D eigenvalue weighted by Gasteiger charge is -2.26. The largest absolute Gasteiger partial charge is 0.507 e. The van der Waals surface area contributed by atoms with E-state index in [1.54, 1.807) is 29.2 Å². The molecular formula is C25H31N2O4+. The second-order valence-corrected chi connectivity index (χ2v) is 8.09. The van der Waals surface area contributed by atoms with Crippen LogP contribution in [0.1, 0.15) is 36.9 Å². The van der Waals surface area contributed by atoms with E-state index in [0.717, 1.165) is 24.9 Å². The summed E-state index contributed by atoms with van der Waals surface area (Å²) >= 11 is 0. The number of nitrogens with zero attached hydrogens (tertiary/aromatic N) is 1. The van der Waals surface area contributed by atoms with Gasteiger partial charge in [0.05, 0.1) is 38.9 Å². The van der Waals surface area contributed by atoms with Crippen molar-refractivity contribution in [2.75, 3.05) is 33.8 Å². The molecule has 0 radical (unpaired) electrons. The van der Waals surface area contributed by atoms with Crippen molar-refractivity contribution in [2.24, 2.45) is 0 Å². The molecule has 6 nitrogen and oxygen atoms in total. The van der Waals surface area contributed by atoms with Gasteiger partial charge < -0.3 is 19.6 Å². The standard InChI is InChI=1S/C25H30N2O4/c1-4-16-31-20-13-8-12-19(17-20)22-21(23(28)18-10-6-5-7-11-18)24(29)25(30)27(22)15-9-14-26(2)3/h5-8,10-13,17,22,28H,4,9,14-16H2,1-3H3/p+1/t22-/m1/s1. The van der Waals surface area contributed by atoms with Crippen molar-refractivity contribution in [3.05, 3.63) is 71.3 Å². The number of ketones is 1.